The number of aromatic hydroxyl groups is 1. The number of aliphatic imine (C=N–C) groups is 1. The van der Waals surface area contributed by atoms with Gasteiger partial charge in [-0.15, -0.1) is 0 Å². The highest BCUT2D eigenvalue weighted by molar-refractivity contribution is 6.33. The first-order chi connectivity index (χ1) is 7.04. The molecule has 0 spiro atoms. The molecule has 0 aromatic heterocycles. The maximum Gasteiger partial charge on any atom is 0.120 e. The summed E-state index contributed by atoms with van der Waals surface area (Å²) in [5.74, 6) is 0.197. The molecule has 0 bridgehead atoms. The van der Waals surface area contributed by atoms with Gasteiger partial charge in [0, 0.05) is 19.7 Å². The highest BCUT2D eigenvalue weighted by Crippen LogP contribution is 2.31. The zero-order valence-corrected chi connectivity index (χ0v) is 9.91. The van der Waals surface area contributed by atoms with Crippen LogP contribution in [0.15, 0.2) is 17.1 Å². The van der Waals surface area contributed by atoms with Crippen LogP contribution in [0.4, 0.5) is 5.69 Å². The molecule has 0 saturated heterocycles. The second kappa shape index (κ2) is 5.03. The second-order valence-corrected chi connectivity index (χ2v) is 3.82. The van der Waals surface area contributed by atoms with Gasteiger partial charge in [-0.2, -0.15) is 0 Å². The van der Waals surface area contributed by atoms with Crippen LogP contribution in [0.3, 0.4) is 0 Å². The van der Waals surface area contributed by atoms with E-state index in [0.29, 0.717) is 10.7 Å². The number of benzene rings is 1. The number of aryl methyl sites for hydroxylation is 1. The Morgan fingerprint density at radius 1 is 1.53 bits per heavy atom. The third-order valence-corrected chi connectivity index (χ3v) is 2.46. The van der Waals surface area contributed by atoms with E-state index >= 15 is 0 Å². The molecule has 0 radical (unpaired) electrons. The van der Waals surface area contributed by atoms with E-state index in [-0.39, 0.29) is 5.75 Å². The van der Waals surface area contributed by atoms with Crippen molar-refractivity contribution in [1.82, 2.24) is 4.90 Å². The van der Waals surface area contributed by atoms with E-state index in [1.54, 1.807) is 12.4 Å². The number of hydrogen-bond acceptors (Lipinski definition) is 2. The molecule has 82 valence electrons. The van der Waals surface area contributed by atoms with Gasteiger partial charge < -0.3 is 10.0 Å². The molecule has 0 aliphatic rings. The number of rotatable bonds is 3. The summed E-state index contributed by atoms with van der Waals surface area (Å²) in [6.07, 6.45) is 1.72. The van der Waals surface area contributed by atoms with E-state index < -0.39 is 0 Å². The van der Waals surface area contributed by atoms with Crippen LogP contribution in [0.1, 0.15) is 12.5 Å². The minimum absolute atomic E-state index is 0.197. The summed E-state index contributed by atoms with van der Waals surface area (Å²) >= 11 is 5.94. The standard InChI is InChI=1S/C11H15ClN2O/c1-4-14(3)7-13-10-5-8(2)11(15)6-9(10)12/h5-7,15H,4H2,1-3H3. The van der Waals surface area contributed by atoms with Crippen molar-refractivity contribution in [2.24, 2.45) is 4.99 Å². The molecule has 0 heterocycles. The monoisotopic (exact) mass is 226 g/mol. The maximum absolute atomic E-state index is 9.40. The first-order valence-electron chi connectivity index (χ1n) is 4.78. The minimum atomic E-state index is 0.197. The fourth-order valence-electron chi connectivity index (χ4n) is 0.997. The summed E-state index contributed by atoms with van der Waals surface area (Å²) < 4.78 is 0. The maximum atomic E-state index is 9.40. The Hall–Kier alpha value is -1.22. The predicted octanol–water partition coefficient (Wildman–Crippen LogP) is 2.97. The average Bonchev–Trinajstić information content (AvgIpc) is 2.21. The van der Waals surface area contributed by atoms with Crippen LogP contribution < -0.4 is 0 Å². The zero-order valence-electron chi connectivity index (χ0n) is 9.16. The molecule has 0 aliphatic carbocycles. The van der Waals surface area contributed by atoms with Gasteiger partial charge in [-0.05, 0) is 25.5 Å². The van der Waals surface area contributed by atoms with Gasteiger partial charge in [0.15, 0.2) is 0 Å². The molecule has 1 rings (SSSR count). The topological polar surface area (TPSA) is 35.8 Å². The summed E-state index contributed by atoms with van der Waals surface area (Å²) in [4.78, 5) is 6.18. The van der Waals surface area contributed by atoms with Gasteiger partial charge in [-0.1, -0.05) is 11.6 Å². The summed E-state index contributed by atoms with van der Waals surface area (Å²) in [5, 5.41) is 9.86. The molecule has 1 aromatic carbocycles. The number of hydrogen-bond donors (Lipinski definition) is 1. The Balaban J connectivity index is 2.95. The van der Waals surface area contributed by atoms with Crippen molar-refractivity contribution in [3.05, 3.63) is 22.7 Å². The van der Waals surface area contributed by atoms with Crippen LogP contribution in [0.25, 0.3) is 0 Å². The van der Waals surface area contributed by atoms with Gasteiger partial charge >= 0.3 is 0 Å². The zero-order chi connectivity index (χ0) is 11.4. The summed E-state index contributed by atoms with van der Waals surface area (Å²) in [7, 11) is 1.94. The SMILES string of the molecule is CCN(C)C=Nc1cc(C)c(O)cc1Cl. The van der Waals surface area contributed by atoms with Crippen molar-refractivity contribution in [3.8, 4) is 5.75 Å². The van der Waals surface area contributed by atoms with Crippen molar-refractivity contribution in [3.63, 3.8) is 0 Å². The van der Waals surface area contributed by atoms with E-state index in [1.807, 2.05) is 25.8 Å². The van der Waals surface area contributed by atoms with Crippen molar-refractivity contribution in [2.45, 2.75) is 13.8 Å². The lowest BCUT2D eigenvalue weighted by Gasteiger charge is -2.09. The molecule has 1 N–H and O–H groups in total. The number of halogens is 1. The minimum Gasteiger partial charge on any atom is -0.508 e. The third-order valence-electron chi connectivity index (χ3n) is 2.16. The van der Waals surface area contributed by atoms with Crippen LogP contribution in [-0.2, 0) is 0 Å². The molecular formula is C11H15ClN2O. The largest absolute Gasteiger partial charge is 0.508 e. The van der Waals surface area contributed by atoms with Crippen molar-refractivity contribution < 1.29 is 5.11 Å². The Bertz CT molecular complexity index is 377. The van der Waals surface area contributed by atoms with Gasteiger partial charge in [0.1, 0.15) is 5.75 Å². The Morgan fingerprint density at radius 3 is 2.80 bits per heavy atom. The lowest BCUT2D eigenvalue weighted by Crippen LogP contribution is -2.14. The van der Waals surface area contributed by atoms with Gasteiger partial charge in [0.2, 0.25) is 0 Å². The number of phenols is 1. The van der Waals surface area contributed by atoms with Crippen LogP contribution in [0.2, 0.25) is 5.02 Å². The van der Waals surface area contributed by atoms with Crippen molar-refractivity contribution in [1.29, 1.82) is 0 Å². The fourth-order valence-corrected chi connectivity index (χ4v) is 1.20. The van der Waals surface area contributed by atoms with E-state index in [0.717, 1.165) is 12.1 Å². The quantitative estimate of drug-likeness (QED) is 0.636. The smallest absolute Gasteiger partial charge is 0.120 e. The highest BCUT2D eigenvalue weighted by atomic mass is 35.5. The van der Waals surface area contributed by atoms with Crippen molar-refractivity contribution in [2.75, 3.05) is 13.6 Å². The fraction of sp³-hybridized carbons (Fsp3) is 0.364. The summed E-state index contributed by atoms with van der Waals surface area (Å²) in [6.45, 7) is 4.74. The lowest BCUT2D eigenvalue weighted by molar-refractivity contribution is 0.471. The van der Waals surface area contributed by atoms with E-state index in [1.165, 1.54) is 6.07 Å². The molecule has 4 heteroatoms. The summed E-state index contributed by atoms with van der Waals surface area (Å²) in [5.41, 5.74) is 1.44. The van der Waals surface area contributed by atoms with Gasteiger partial charge in [0.25, 0.3) is 0 Å². The Kier molecular flexibility index (Phi) is 3.97. The molecule has 0 atom stereocenters. The van der Waals surface area contributed by atoms with Crippen LogP contribution in [-0.4, -0.2) is 29.9 Å². The Labute approximate surface area is 95.0 Å². The molecule has 0 aliphatic heterocycles. The van der Waals surface area contributed by atoms with Crippen LogP contribution in [0.5, 0.6) is 5.75 Å². The molecule has 15 heavy (non-hydrogen) atoms. The number of nitrogens with zero attached hydrogens (tertiary/aromatic N) is 2. The van der Waals surface area contributed by atoms with E-state index in [2.05, 4.69) is 4.99 Å². The summed E-state index contributed by atoms with van der Waals surface area (Å²) in [6, 6.07) is 3.27. The van der Waals surface area contributed by atoms with Gasteiger partial charge in [0.05, 0.1) is 17.0 Å². The van der Waals surface area contributed by atoms with Gasteiger partial charge in [-0.25, -0.2) is 4.99 Å². The molecule has 0 fully saturated rings. The van der Waals surface area contributed by atoms with E-state index in [9.17, 15) is 5.11 Å². The first-order valence-corrected chi connectivity index (χ1v) is 5.16. The van der Waals surface area contributed by atoms with E-state index in [4.69, 9.17) is 11.6 Å². The molecular weight excluding hydrogens is 212 g/mol. The highest BCUT2D eigenvalue weighted by Gasteiger charge is 2.03. The van der Waals surface area contributed by atoms with Crippen LogP contribution >= 0.6 is 11.6 Å². The average molecular weight is 227 g/mol. The molecule has 0 unspecified atom stereocenters. The Morgan fingerprint density at radius 2 is 2.20 bits per heavy atom. The number of phenolic OH excluding ortho intramolecular Hbond substituents is 1. The van der Waals surface area contributed by atoms with Crippen molar-refractivity contribution >= 4 is 23.6 Å². The second-order valence-electron chi connectivity index (χ2n) is 3.41. The normalized spacial score (nSPS) is 10.9. The van der Waals surface area contributed by atoms with Gasteiger partial charge in [-0.3, -0.25) is 0 Å². The molecule has 0 saturated carbocycles. The first kappa shape index (κ1) is 11.9. The molecule has 1 aromatic rings. The lowest BCUT2D eigenvalue weighted by atomic mass is 10.2. The van der Waals surface area contributed by atoms with Crippen LogP contribution in [0, 0.1) is 6.92 Å². The molecule has 0 amide bonds. The predicted molar refractivity (Wildman–Crippen MR) is 64.3 cm³/mol. The third kappa shape index (κ3) is 3.13. The molecule has 3 nitrogen and oxygen atoms in total.